The summed E-state index contributed by atoms with van der Waals surface area (Å²) in [7, 11) is -1.09. The van der Waals surface area contributed by atoms with E-state index < -0.39 is 39.6 Å². The van der Waals surface area contributed by atoms with Crippen LogP contribution in [0.15, 0.2) is 231 Å². The van der Waals surface area contributed by atoms with Crippen molar-refractivity contribution < 1.29 is 46.1 Å². The van der Waals surface area contributed by atoms with Gasteiger partial charge in [0.25, 0.3) is 0 Å². The van der Waals surface area contributed by atoms with E-state index in [9.17, 15) is 26.3 Å². The molecule has 0 unspecified atom stereocenters. The molecule has 12 rings (SSSR count). The van der Waals surface area contributed by atoms with Gasteiger partial charge in [-0.3, -0.25) is 0 Å². The van der Waals surface area contributed by atoms with Crippen molar-refractivity contribution in [2.24, 2.45) is 11.8 Å². The zero-order valence-electron chi connectivity index (χ0n) is 48.7. The van der Waals surface area contributed by atoms with Crippen LogP contribution in [0.1, 0.15) is 50.2 Å². The summed E-state index contributed by atoms with van der Waals surface area (Å²) in [5.41, 5.74) is 3.09. The average molecular weight is 1380 g/mol. The maximum absolute atomic E-state index is 13.6. The van der Waals surface area contributed by atoms with Crippen LogP contribution in [0.5, 0.6) is 0 Å². The van der Waals surface area contributed by atoms with Crippen LogP contribution in [-0.2, 0) is 45.0 Å². The second-order valence-electron chi connectivity index (χ2n) is 21.3. The Morgan fingerprint density at radius 2 is 0.678 bits per heavy atom. The Hall–Kier alpha value is -8.06. The van der Waals surface area contributed by atoms with Crippen LogP contribution >= 0.6 is 15.8 Å². The molecule has 0 bridgehead atoms. The predicted molar refractivity (Wildman–Crippen MR) is 343 cm³/mol. The predicted octanol–water partition coefficient (Wildman–Crippen LogP) is 16.0. The normalized spacial score (nSPS) is 11.4. The number of alkyl halides is 6. The van der Waals surface area contributed by atoms with Gasteiger partial charge in [0.15, 0.2) is 0 Å². The molecule has 0 atom stereocenters. The van der Waals surface area contributed by atoms with Crippen molar-refractivity contribution in [2.45, 2.75) is 52.9 Å². The molecule has 12 aromatic rings. The molecule has 0 aliphatic carbocycles. The third kappa shape index (κ3) is 16.7. The van der Waals surface area contributed by atoms with Gasteiger partial charge in [-0.2, -0.15) is 26.3 Å². The van der Waals surface area contributed by atoms with Gasteiger partial charge in [-0.05, 0) is 119 Å². The summed E-state index contributed by atoms with van der Waals surface area (Å²) in [5.74, 6) is 0.961. The van der Waals surface area contributed by atoms with E-state index in [1.54, 1.807) is 60.7 Å². The van der Waals surface area contributed by atoms with Crippen molar-refractivity contribution in [2.75, 3.05) is 13.3 Å². The molecule has 0 spiro atoms. The van der Waals surface area contributed by atoms with Crippen molar-refractivity contribution in [3.63, 3.8) is 0 Å². The number of halogens is 6. The van der Waals surface area contributed by atoms with Gasteiger partial charge in [0.2, 0.25) is 0 Å². The summed E-state index contributed by atoms with van der Waals surface area (Å²) in [6, 6.07) is 71.2. The fraction of sp³-hybridized carbons (Fsp3) is 0.171. The summed E-state index contributed by atoms with van der Waals surface area (Å²) < 4.78 is 81.7. The third-order valence-corrected chi connectivity index (χ3v) is 18.9. The fourth-order valence-electron chi connectivity index (χ4n) is 9.97. The Bertz CT molecular complexity index is 3740. The molecule has 0 fully saturated rings. The van der Waals surface area contributed by atoms with E-state index >= 15 is 0 Å². The fourth-order valence-corrected chi connectivity index (χ4v) is 13.4. The van der Waals surface area contributed by atoms with Gasteiger partial charge in [0.1, 0.15) is 24.0 Å². The topological polar surface area (TPSA) is 106 Å². The molecule has 442 valence electrons. The molecule has 8 aromatic carbocycles. The van der Waals surface area contributed by atoms with E-state index in [1.807, 2.05) is 36.4 Å². The molecule has 8 nitrogen and oxygen atoms in total. The van der Waals surface area contributed by atoms with Crippen molar-refractivity contribution in [1.29, 1.82) is 0 Å². The van der Waals surface area contributed by atoms with Crippen LogP contribution in [0.4, 0.5) is 26.3 Å². The molecular weight excluding hydrogens is 1320 g/mol. The SMILES string of the molecule is CC(C)Cc1ccc2c(-c3[n-]nc(C(F)(F)F)c3-c3ccccc3)ncnc2c1.CC(C)Cc1ccc2c(-c3[n-]nc(C(F)(F)F)c3-c3ccccc3)ncnc2c1.C[PH+](c1ccccc1)c1ccccc1.C[PH+](c1ccccc1)c1ccccc1.[Os+2]. The van der Waals surface area contributed by atoms with E-state index in [0.29, 0.717) is 56.2 Å². The first-order valence-corrected chi connectivity index (χ1v) is 32.1. The van der Waals surface area contributed by atoms with E-state index in [1.165, 1.54) is 33.9 Å². The quantitative estimate of drug-likeness (QED) is 0.0880. The first-order chi connectivity index (χ1) is 41.4. The van der Waals surface area contributed by atoms with Gasteiger partial charge in [-0.25, -0.2) is 19.9 Å². The molecular formula is C70H64F6N8OsP2+2. The maximum Gasteiger partial charge on any atom is 2.00 e. The van der Waals surface area contributed by atoms with Gasteiger partial charge in [-0.15, -0.1) is 0 Å². The molecule has 0 amide bonds. The summed E-state index contributed by atoms with van der Waals surface area (Å²) >= 11 is 0. The Labute approximate surface area is 519 Å². The minimum Gasteiger partial charge on any atom is -0.573 e. The van der Waals surface area contributed by atoms with Crippen LogP contribution in [0.2, 0.25) is 0 Å². The van der Waals surface area contributed by atoms with Crippen LogP contribution in [-0.4, -0.2) is 43.5 Å². The summed E-state index contributed by atoms with van der Waals surface area (Å²) in [6.07, 6.45) is -4.76. The second-order valence-corrected chi connectivity index (χ2v) is 26.1. The number of hydrogen-bond donors (Lipinski definition) is 0. The zero-order chi connectivity index (χ0) is 60.8. The Morgan fingerprint density at radius 3 is 0.954 bits per heavy atom. The van der Waals surface area contributed by atoms with Crippen LogP contribution in [0.3, 0.4) is 0 Å². The number of aromatic nitrogens is 8. The number of rotatable bonds is 12. The first kappa shape index (κ1) is 64.9. The monoisotopic (exact) mass is 1380 g/mol. The van der Waals surface area contributed by atoms with Crippen molar-refractivity contribution >= 4 is 58.9 Å². The molecule has 0 saturated heterocycles. The van der Waals surface area contributed by atoms with Gasteiger partial charge in [-0.1, -0.05) is 197 Å². The number of benzene rings is 8. The average Bonchev–Trinajstić information content (AvgIpc) is 1.80. The number of nitrogens with zero attached hydrogens (tertiary/aromatic N) is 8. The van der Waals surface area contributed by atoms with Crippen LogP contribution < -0.4 is 31.4 Å². The van der Waals surface area contributed by atoms with Gasteiger partial charge in [0, 0.05) is 10.8 Å². The standard InChI is InChI=1S/2C22H18F3N4.2C13H13P.Os/c2*1-13(2)10-14-8-9-16-17(11-14)26-12-27-19(16)20-18(15-6-4-3-5-7-15)21(29-28-20)22(23,24)25;2*1-14(12-8-4-2-5-9-12)13-10-6-3-7-11-13;/h2*3-9,11-13H,10H2,1-2H3;2*2-11H,1H3;/q2*-1;;;+2/p+2. The van der Waals surface area contributed by atoms with Crippen molar-refractivity contribution in [3.05, 3.63) is 254 Å². The van der Waals surface area contributed by atoms with Crippen molar-refractivity contribution in [1.82, 2.24) is 40.3 Å². The number of fused-ring (bicyclic) bond motifs is 2. The molecule has 4 aromatic heterocycles. The molecule has 0 aliphatic heterocycles. The molecule has 0 aliphatic rings. The molecule has 4 heterocycles. The van der Waals surface area contributed by atoms with Crippen LogP contribution in [0, 0.1) is 11.8 Å². The van der Waals surface area contributed by atoms with E-state index in [0.717, 1.165) is 24.0 Å². The Morgan fingerprint density at radius 1 is 0.391 bits per heavy atom. The van der Waals surface area contributed by atoms with Gasteiger partial charge < -0.3 is 20.4 Å². The van der Waals surface area contributed by atoms with E-state index in [4.69, 9.17) is 0 Å². The summed E-state index contributed by atoms with van der Waals surface area (Å²) in [4.78, 5) is 17.2. The molecule has 0 saturated carbocycles. The first-order valence-electron chi connectivity index (χ1n) is 28.1. The Kier molecular flexibility index (Phi) is 22.4. The maximum atomic E-state index is 13.6. The van der Waals surface area contributed by atoms with E-state index in [-0.39, 0.29) is 42.3 Å². The molecule has 87 heavy (non-hydrogen) atoms. The minimum atomic E-state index is -4.62. The van der Waals surface area contributed by atoms with Crippen LogP contribution in [0.25, 0.3) is 66.8 Å². The molecule has 0 N–H and O–H groups in total. The number of hydrogen-bond acceptors (Lipinski definition) is 6. The largest absolute Gasteiger partial charge is 2.00 e. The Balaban J connectivity index is 0.000000158. The third-order valence-electron chi connectivity index (χ3n) is 14.1. The zero-order valence-corrected chi connectivity index (χ0v) is 53.2. The van der Waals surface area contributed by atoms with Crippen molar-refractivity contribution in [3.8, 4) is 45.0 Å². The minimum absolute atomic E-state index is 0. The summed E-state index contributed by atoms with van der Waals surface area (Å²) in [6.45, 7) is 13.2. The van der Waals surface area contributed by atoms with E-state index in [2.05, 4.69) is 203 Å². The molecule has 17 heteroatoms. The van der Waals surface area contributed by atoms with Gasteiger partial charge in [0.05, 0.1) is 72.8 Å². The smallest absolute Gasteiger partial charge is 0.573 e. The molecule has 0 radical (unpaired) electrons. The summed E-state index contributed by atoms with van der Waals surface area (Å²) in [5, 5.41) is 21.9. The van der Waals surface area contributed by atoms with Gasteiger partial charge >= 0.3 is 32.1 Å². The second kappa shape index (κ2) is 30.0.